The number of aliphatic hydroxyl groups is 1. The Balaban J connectivity index is 2.39. The standard InChI is InChI=1S/C13H26N2O2/c1-10(2)15-12(17)14-9-13(6-4-7-13)11(3)5-8-16/h10-11,16H,4-9H2,1-3H3,(H2,14,15,17)/t11-/m1/s1. The summed E-state index contributed by atoms with van der Waals surface area (Å²) in [5.41, 5.74) is 0.219. The third-order valence-electron chi connectivity index (χ3n) is 3.98. The lowest BCUT2D eigenvalue weighted by Gasteiger charge is -2.47. The molecule has 0 radical (unpaired) electrons. The molecule has 17 heavy (non-hydrogen) atoms. The Labute approximate surface area is 104 Å². The largest absolute Gasteiger partial charge is 0.396 e. The minimum atomic E-state index is -0.0810. The van der Waals surface area contributed by atoms with Crippen LogP contribution in [0.25, 0.3) is 0 Å². The molecule has 1 saturated carbocycles. The molecule has 0 unspecified atom stereocenters. The third-order valence-corrected chi connectivity index (χ3v) is 3.98. The summed E-state index contributed by atoms with van der Waals surface area (Å²) < 4.78 is 0. The molecule has 4 heteroatoms. The van der Waals surface area contributed by atoms with Crippen molar-refractivity contribution in [1.82, 2.24) is 10.6 Å². The maximum Gasteiger partial charge on any atom is 0.315 e. The molecule has 1 aliphatic rings. The number of urea groups is 1. The van der Waals surface area contributed by atoms with Crippen LogP contribution < -0.4 is 10.6 Å². The van der Waals surface area contributed by atoms with Gasteiger partial charge in [0.2, 0.25) is 0 Å². The zero-order valence-electron chi connectivity index (χ0n) is 11.3. The van der Waals surface area contributed by atoms with E-state index < -0.39 is 0 Å². The van der Waals surface area contributed by atoms with Crippen LogP contribution in [0.1, 0.15) is 46.5 Å². The van der Waals surface area contributed by atoms with Crippen molar-refractivity contribution >= 4 is 6.03 Å². The molecule has 0 aromatic carbocycles. The van der Waals surface area contributed by atoms with Crippen molar-refractivity contribution in [3.05, 3.63) is 0 Å². The molecule has 1 rings (SSSR count). The van der Waals surface area contributed by atoms with Crippen molar-refractivity contribution < 1.29 is 9.90 Å². The summed E-state index contributed by atoms with van der Waals surface area (Å²) in [6.45, 7) is 7.05. The van der Waals surface area contributed by atoms with Crippen LogP contribution in [0.15, 0.2) is 0 Å². The molecule has 2 amide bonds. The lowest BCUT2D eigenvalue weighted by atomic mass is 9.60. The van der Waals surface area contributed by atoms with Gasteiger partial charge in [-0.25, -0.2) is 4.79 Å². The zero-order chi connectivity index (χ0) is 12.9. The Morgan fingerprint density at radius 3 is 2.41 bits per heavy atom. The molecule has 100 valence electrons. The highest BCUT2D eigenvalue weighted by Crippen LogP contribution is 2.47. The average molecular weight is 242 g/mol. The Morgan fingerprint density at radius 2 is 2.00 bits per heavy atom. The zero-order valence-corrected chi connectivity index (χ0v) is 11.3. The maximum atomic E-state index is 11.5. The number of rotatable bonds is 6. The quantitative estimate of drug-likeness (QED) is 0.666. The molecule has 0 spiro atoms. The Hall–Kier alpha value is -0.770. The first kappa shape index (κ1) is 14.3. The molecule has 1 aliphatic carbocycles. The van der Waals surface area contributed by atoms with Crippen molar-refractivity contribution in [3.63, 3.8) is 0 Å². The molecular weight excluding hydrogens is 216 g/mol. The van der Waals surface area contributed by atoms with Gasteiger partial charge in [-0.05, 0) is 44.4 Å². The molecule has 1 atom stereocenters. The first-order valence-electron chi connectivity index (χ1n) is 6.65. The van der Waals surface area contributed by atoms with Crippen LogP contribution in [0.3, 0.4) is 0 Å². The molecule has 0 aromatic heterocycles. The highest BCUT2D eigenvalue weighted by Gasteiger charge is 2.41. The summed E-state index contributed by atoms with van der Waals surface area (Å²) in [4.78, 5) is 11.5. The number of carbonyl (C=O) groups excluding carboxylic acids is 1. The second-order valence-corrected chi connectivity index (χ2v) is 5.61. The lowest BCUT2D eigenvalue weighted by molar-refractivity contribution is 0.0456. The van der Waals surface area contributed by atoms with Crippen LogP contribution in [0.4, 0.5) is 4.79 Å². The van der Waals surface area contributed by atoms with Gasteiger partial charge < -0.3 is 15.7 Å². The molecule has 0 saturated heterocycles. The van der Waals surface area contributed by atoms with E-state index in [1.807, 2.05) is 13.8 Å². The predicted octanol–water partition coefficient (Wildman–Crippen LogP) is 1.88. The molecule has 0 aliphatic heterocycles. The molecule has 0 bridgehead atoms. The van der Waals surface area contributed by atoms with Crippen LogP contribution in [0.5, 0.6) is 0 Å². The highest BCUT2D eigenvalue weighted by atomic mass is 16.3. The fraction of sp³-hybridized carbons (Fsp3) is 0.923. The van der Waals surface area contributed by atoms with E-state index in [1.54, 1.807) is 0 Å². The Bertz CT molecular complexity index is 250. The summed E-state index contributed by atoms with van der Waals surface area (Å²) in [6, 6.07) is 0.0877. The third kappa shape index (κ3) is 3.87. The van der Waals surface area contributed by atoms with Crippen molar-refractivity contribution in [1.29, 1.82) is 0 Å². The monoisotopic (exact) mass is 242 g/mol. The SMILES string of the molecule is CC(C)NC(=O)NCC1([C@H](C)CCO)CCC1. The van der Waals surface area contributed by atoms with Crippen LogP contribution in [0.2, 0.25) is 0 Å². The smallest absolute Gasteiger partial charge is 0.315 e. The molecule has 0 heterocycles. The van der Waals surface area contributed by atoms with Gasteiger partial charge in [0.05, 0.1) is 0 Å². The number of carbonyl (C=O) groups is 1. The second-order valence-electron chi connectivity index (χ2n) is 5.61. The Morgan fingerprint density at radius 1 is 1.35 bits per heavy atom. The van der Waals surface area contributed by atoms with Gasteiger partial charge in [-0.3, -0.25) is 0 Å². The highest BCUT2D eigenvalue weighted by molar-refractivity contribution is 5.74. The van der Waals surface area contributed by atoms with E-state index in [0.29, 0.717) is 5.92 Å². The van der Waals surface area contributed by atoms with E-state index >= 15 is 0 Å². The number of amides is 2. The predicted molar refractivity (Wildman–Crippen MR) is 68.8 cm³/mol. The molecule has 4 nitrogen and oxygen atoms in total. The van der Waals surface area contributed by atoms with E-state index in [4.69, 9.17) is 5.11 Å². The summed E-state index contributed by atoms with van der Waals surface area (Å²) in [5.74, 6) is 0.473. The van der Waals surface area contributed by atoms with Crippen LogP contribution >= 0.6 is 0 Å². The van der Waals surface area contributed by atoms with E-state index in [0.717, 1.165) is 25.8 Å². The minimum Gasteiger partial charge on any atom is -0.396 e. The number of nitrogens with one attached hydrogen (secondary N) is 2. The van der Waals surface area contributed by atoms with Gasteiger partial charge in [-0.2, -0.15) is 0 Å². The number of aliphatic hydroxyl groups excluding tert-OH is 1. The van der Waals surface area contributed by atoms with Gasteiger partial charge in [0.15, 0.2) is 0 Å². The van der Waals surface area contributed by atoms with Crippen LogP contribution in [-0.2, 0) is 0 Å². The maximum absolute atomic E-state index is 11.5. The molecule has 1 fully saturated rings. The van der Waals surface area contributed by atoms with E-state index in [9.17, 15) is 4.79 Å². The minimum absolute atomic E-state index is 0.0810. The van der Waals surface area contributed by atoms with Crippen molar-refractivity contribution in [2.75, 3.05) is 13.2 Å². The van der Waals surface area contributed by atoms with E-state index in [-0.39, 0.29) is 24.1 Å². The van der Waals surface area contributed by atoms with Gasteiger partial charge in [-0.15, -0.1) is 0 Å². The first-order chi connectivity index (χ1) is 8.00. The average Bonchev–Trinajstić information content (AvgIpc) is 2.15. The van der Waals surface area contributed by atoms with Gasteiger partial charge in [-0.1, -0.05) is 13.3 Å². The van der Waals surface area contributed by atoms with Gasteiger partial charge in [0.1, 0.15) is 0 Å². The van der Waals surface area contributed by atoms with Gasteiger partial charge in [0, 0.05) is 19.2 Å². The van der Waals surface area contributed by atoms with Crippen molar-refractivity contribution in [2.45, 2.75) is 52.5 Å². The van der Waals surface area contributed by atoms with E-state index in [1.165, 1.54) is 6.42 Å². The normalized spacial score (nSPS) is 19.6. The number of hydrogen-bond donors (Lipinski definition) is 3. The summed E-state index contributed by atoms with van der Waals surface area (Å²) in [5, 5.41) is 14.8. The first-order valence-corrected chi connectivity index (χ1v) is 6.65. The summed E-state index contributed by atoms with van der Waals surface area (Å²) in [7, 11) is 0. The fourth-order valence-electron chi connectivity index (χ4n) is 2.54. The van der Waals surface area contributed by atoms with E-state index in [2.05, 4.69) is 17.6 Å². The summed E-state index contributed by atoms with van der Waals surface area (Å²) in [6.07, 6.45) is 4.39. The molecular formula is C13H26N2O2. The van der Waals surface area contributed by atoms with Crippen molar-refractivity contribution in [3.8, 4) is 0 Å². The molecule has 0 aromatic rings. The van der Waals surface area contributed by atoms with Crippen LogP contribution in [-0.4, -0.2) is 30.3 Å². The lowest BCUT2D eigenvalue weighted by Crippen LogP contribution is -2.49. The summed E-state index contributed by atoms with van der Waals surface area (Å²) >= 11 is 0. The topological polar surface area (TPSA) is 61.4 Å². The van der Waals surface area contributed by atoms with Gasteiger partial charge >= 0.3 is 6.03 Å². The Kier molecular flexibility index (Phi) is 5.25. The second kappa shape index (κ2) is 6.24. The fourth-order valence-corrected chi connectivity index (χ4v) is 2.54. The van der Waals surface area contributed by atoms with Crippen LogP contribution in [0, 0.1) is 11.3 Å². The molecule has 3 N–H and O–H groups in total. The van der Waals surface area contributed by atoms with Crippen molar-refractivity contribution in [2.24, 2.45) is 11.3 Å². The van der Waals surface area contributed by atoms with Gasteiger partial charge in [0.25, 0.3) is 0 Å². The number of hydrogen-bond acceptors (Lipinski definition) is 2.